The number of hydrogen-bond acceptors (Lipinski definition) is 4. The van der Waals surface area contributed by atoms with E-state index < -0.39 is 25.7 Å². The maximum atomic E-state index is 13.6. The maximum absolute atomic E-state index is 13.6. The van der Waals surface area contributed by atoms with Crippen LogP contribution in [0.4, 0.5) is 10.1 Å². The summed E-state index contributed by atoms with van der Waals surface area (Å²) < 4.78 is 36.5. The molecule has 0 radical (unpaired) electrons. The standard InChI is InChI=1S/C12H7BrClFN2O3S/c13-7-1-3-10(16-6-7)12(18)17-8-2-4-11(9(15)5-8)21(14,19)20/h1-6H,(H,17,18). The Hall–Kier alpha value is -1.51. The number of rotatable bonds is 3. The van der Waals surface area contributed by atoms with Crippen molar-refractivity contribution in [1.82, 2.24) is 4.98 Å². The molecule has 0 bridgehead atoms. The van der Waals surface area contributed by atoms with Crippen LogP contribution in [0.25, 0.3) is 0 Å². The van der Waals surface area contributed by atoms with E-state index >= 15 is 0 Å². The van der Waals surface area contributed by atoms with E-state index in [-0.39, 0.29) is 11.4 Å². The van der Waals surface area contributed by atoms with Gasteiger partial charge in [-0.1, -0.05) is 0 Å². The normalized spacial score (nSPS) is 11.2. The van der Waals surface area contributed by atoms with Crippen LogP contribution in [-0.4, -0.2) is 19.3 Å². The summed E-state index contributed by atoms with van der Waals surface area (Å²) in [5, 5.41) is 2.40. The van der Waals surface area contributed by atoms with E-state index in [9.17, 15) is 17.6 Å². The van der Waals surface area contributed by atoms with Crippen molar-refractivity contribution in [3.63, 3.8) is 0 Å². The average molecular weight is 394 g/mol. The van der Waals surface area contributed by atoms with E-state index in [0.717, 1.165) is 12.1 Å². The molecule has 1 aromatic carbocycles. The maximum Gasteiger partial charge on any atom is 0.274 e. The van der Waals surface area contributed by atoms with Crippen LogP contribution in [0, 0.1) is 5.82 Å². The van der Waals surface area contributed by atoms with Crippen molar-refractivity contribution in [2.45, 2.75) is 4.90 Å². The van der Waals surface area contributed by atoms with E-state index in [4.69, 9.17) is 10.7 Å². The van der Waals surface area contributed by atoms with E-state index in [1.165, 1.54) is 18.3 Å². The minimum Gasteiger partial charge on any atom is -0.321 e. The number of nitrogens with one attached hydrogen (secondary N) is 1. The Bertz CT molecular complexity index is 797. The molecule has 2 rings (SSSR count). The predicted octanol–water partition coefficient (Wildman–Crippen LogP) is 3.16. The quantitative estimate of drug-likeness (QED) is 0.813. The first-order valence-electron chi connectivity index (χ1n) is 5.44. The molecule has 0 saturated carbocycles. The van der Waals surface area contributed by atoms with E-state index in [1.807, 2.05) is 0 Å². The molecule has 21 heavy (non-hydrogen) atoms. The Labute approximate surface area is 132 Å². The Balaban J connectivity index is 2.22. The third-order valence-corrected chi connectivity index (χ3v) is 4.24. The molecule has 0 saturated heterocycles. The minimum atomic E-state index is -4.17. The van der Waals surface area contributed by atoms with Gasteiger partial charge >= 0.3 is 0 Å². The summed E-state index contributed by atoms with van der Waals surface area (Å²) in [4.78, 5) is 15.1. The fourth-order valence-corrected chi connectivity index (χ4v) is 2.61. The number of carbonyl (C=O) groups excluding carboxylic acids is 1. The number of anilines is 1. The summed E-state index contributed by atoms with van der Waals surface area (Å²) >= 11 is 3.18. The molecule has 1 amide bonds. The molecule has 0 aliphatic heterocycles. The number of amides is 1. The molecule has 0 unspecified atom stereocenters. The number of pyridine rings is 1. The van der Waals surface area contributed by atoms with Gasteiger partial charge in [0, 0.05) is 27.0 Å². The monoisotopic (exact) mass is 392 g/mol. The Morgan fingerprint density at radius 1 is 1.29 bits per heavy atom. The molecule has 2 aromatic rings. The molecular formula is C12H7BrClFN2O3S. The minimum absolute atomic E-state index is 0.0892. The fraction of sp³-hybridized carbons (Fsp3) is 0. The molecular weight excluding hydrogens is 387 g/mol. The summed E-state index contributed by atoms with van der Waals surface area (Å²) in [7, 11) is 0.894. The Morgan fingerprint density at radius 2 is 2.00 bits per heavy atom. The number of benzene rings is 1. The second kappa shape index (κ2) is 6.08. The highest BCUT2D eigenvalue weighted by Gasteiger charge is 2.17. The van der Waals surface area contributed by atoms with Crippen molar-refractivity contribution in [3.8, 4) is 0 Å². The van der Waals surface area contributed by atoms with Gasteiger partial charge in [-0.2, -0.15) is 0 Å². The number of nitrogens with zero attached hydrogens (tertiary/aromatic N) is 1. The van der Waals surface area contributed by atoms with E-state index in [2.05, 4.69) is 26.2 Å². The van der Waals surface area contributed by atoms with Gasteiger partial charge in [0.05, 0.1) is 0 Å². The molecule has 5 nitrogen and oxygen atoms in total. The van der Waals surface area contributed by atoms with Crippen LogP contribution in [-0.2, 0) is 9.05 Å². The van der Waals surface area contributed by atoms with E-state index in [1.54, 1.807) is 6.07 Å². The number of halogens is 3. The van der Waals surface area contributed by atoms with Crippen LogP contribution in [0.3, 0.4) is 0 Å². The van der Waals surface area contributed by atoms with E-state index in [0.29, 0.717) is 4.47 Å². The molecule has 1 N–H and O–H groups in total. The molecule has 0 aliphatic rings. The number of carbonyl (C=O) groups is 1. The van der Waals surface area contributed by atoms with Gasteiger partial charge in [-0.25, -0.2) is 17.8 Å². The fourth-order valence-electron chi connectivity index (χ4n) is 1.48. The van der Waals surface area contributed by atoms with Crippen molar-refractivity contribution in [1.29, 1.82) is 0 Å². The predicted molar refractivity (Wildman–Crippen MR) is 79.3 cm³/mol. The third-order valence-electron chi connectivity index (χ3n) is 2.41. The number of hydrogen-bond donors (Lipinski definition) is 1. The summed E-state index contributed by atoms with van der Waals surface area (Å²) in [5.74, 6) is -1.60. The molecule has 0 atom stereocenters. The van der Waals surface area contributed by atoms with Crippen LogP contribution >= 0.6 is 26.6 Å². The van der Waals surface area contributed by atoms with Gasteiger partial charge in [0.1, 0.15) is 16.4 Å². The zero-order chi connectivity index (χ0) is 15.6. The van der Waals surface area contributed by atoms with Crippen molar-refractivity contribution in [2.24, 2.45) is 0 Å². The van der Waals surface area contributed by atoms with Crippen molar-refractivity contribution >= 4 is 47.3 Å². The highest BCUT2D eigenvalue weighted by Crippen LogP contribution is 2.22. The van der Waals surface area contributed by atoms with Crippen molar-refractivity contribution in [3.05, 3.63) is 52.5 Å². The lowest BCUT2D eigenvalue weighted by Crippen LogP contribution is -2.13. The summed E-state index contributed by atoms with van der Waals surface area (Å²) in [6, 6.07) is 6.18. The molecule has 0 fully saturated rings. The van der Waals surface area contributed by atoms with Crippen LogP contribution in [0.5, 0.6) is 0 Å². The molecule has 110 valence electrons. The van der Waals surface area contributed by atoms with Gasteiger partial charge in [-0.05, 0) is 46.3 Å². The van der Waals surface area contributed by atoms with Gasteiger partial charge in [0.25, 0.3) is 15.0 Å². The Kier molecular flexibility index (Phi) is 4.60. The highest BCUT2D eigenvalue weighted by atomic mass is 79.9. The zero-order valence-corrected chi connectivity index (χ0v) is 13.3. The van der Waals surface area contributed by atoms with Crippen molar-refractivity contribution in [2.75, 3.05) is 5.32 Å². The first kappa shape index (κ1) is 15.9. The lowest BCUT2D eigenvalue weighted by molar-refractivity contribution is 0.102. The summed E-state index contributed by atoms with van der Waals surface area (Å²) in [6.45, 7) is 0. The van der Waals surface area contributed by atoms with Gasteiger partial charge in [-0.3, -0.25) is 4.79 Å². The lowest BCUT2D eigenvalue weighted by Gasteiger charge is -2.06. The van der Waals surface area contributed by atoms with Crippen LogP contribution in [0.1, 0.15) is 10.5 Å². The SMILES string of the molecule is O=C(Nc1ccc(S(=O)(=O)Cl)c(F)c1)c1ccc(Br)cn1. The molecule has 1 heterocycles. The largest absolute Gasteiger partial charge is 0.321 e. The van der Waals surface area contributed by atoms with Crippen molar-refractivity contribution < 1.29 is 17.6 Å². The summed E-state index contributed by atoms with van der Waals surface area (Å²) in [5.41, 5.74) is 0.221. The smallest absolute Gasteiger partial charge is 0.274 e. The molecule has 9 heteroatoms. The average Bonchev–Trinajstić information content (AvgIpc) is 2.37. The first-order valence-corrected chi connectivity index (χ1v) is 8.55. The van der Waals surface area contributed by atoms with Crippen LogP contribution in [0.15, 0.2) is 45.9 Å². The van der Waals surface area contributed by atoms with Gasteiger partial charge in [0.15, 0.2) is 0 Å². The highest BCUT2D eigenvalue weighted by molar-refractivity contribution is 9.10. The third kappa shape index (κ3) is 3.99. The second-order valence-corrected chi connectivity index (χ2v) is 7.35. The van der Waals surface area contributed by atoms with Gasteiger partial charge in [0.2, 0.25) is 0 Å². The molecule has 1 aromatic heterocycles. The second-order valence-electron chi connectivity index (χ2n) is 3.90. The zero-order valence-electron chi connectivity index (χ0n) is 10.2. The topological polar surface area (TPSA) is 76.1 Å². The summed E-state index contributed by atoms with van der Waals surface area (Å²) in [6.07, 6.45) is 1.44. The van der Waals surface area contributed by atoms with Gasteiger partial charge < -0.3 is 5.32 Å². The molecule has 0 spiro atoms. The van der Waals surface area contributed by atoms with Crippen LogP contribution in [0.2, 0.25) is 0 Å². The lowest BCUT2D eigenvalue weighted by atomic mass is 10.3. The van der Waals surface area contributed by atoms with Crippen LogP contribution < -0.4 is 5.32 Å². The van der Waals surface area contributed by atoms with Gasteiger partial charge in [-0.15, -0.1) is 0 Å². The Morgan fingerprint density at radius 3 is 2.52 bits per heavy atom. The molecule has 0 aliphatic carbocycles. The number of aromatic nitrogens is 1. The first-order chi connectivity index (χ1) is 9.77.